The summed E-state index contributed by atoms with van der Waals surface area (Å²) in [6.07, 6.45) is 4.63. The van der Waals surface area contributed by atoms with Gasteiger partial charge in [0.2, 0.25) is 0 Å². The van der Waals surface area contributed by atoms with Gasteiger partial charge in [0.25, 0.3) is 6.71 Å². The van der Waals surface area contributed by atoms with Crippen LogP contribution in [0.3, 0.4) is 0 Å². The molecule has 2 aliphatic heterocycles. The smallest absolute Gasteiger partial charge is 0.252 e. The van der Waals surface area contributed by atoms with Crippen molar-refractivity contribution in [3.63, 3.8) is 0 Å². The fourth-order valence-corrected chi connectivity index (χ4v) is 14.3. The molecule has 0 spiro atoms. The quantitative estimate of drug-likeness (QED) is 0.154. The molecule has 8 aromatic rings. The van der Waals surface area contributed by atoms with Crippen molar-refractivity contribution in [2.45, 2.75) is 188 Å². The molecule has 0 fully saturated rings. The maximum Gasteiger partial charge on any atom is 0.252 e. The van der Waals surface area contributed by atoms with Crippen LogP contribution in [0.1, 0.15) is 188 Å². The Morgan fingerprint density at radius 1 is 0.370 bits per heavy atom. The molecule has 12 rings (SSSR count). The first-order valence-corrected chi connectivity index (χ1v) is 30.4. The summed E-state index contributed by atoms with van der Waals surface area (Å²) in [5.41, 5.74) is 28.4. The van der Waals surface area contributed by atoms with Crippen molar-refractivity contribution in [3.8, 4) is 11.1 Å². The maximum atomic E-state index is 2.75. The number of rotatable bonds is 6. The normalized spacial score (nSPS) is 17.4. The van der Waals surface area contributed by atoms with Crippen molar-refractivity contribution < 1.29 is 0 Å². The van der Waals surface area contributed by atoms with Crippen LogP contribution in [0.25, 0.3) is 11.1 Å². The molecule has 4 aliphatic rings. The lowest BCUT2D eigenvalue weighted by atomic mass is 9.33. The minimum absolute atomic E-state index is 0.00307. The van der Waals surface area contributed by atoms with Gasteiger partial charge < -0.3 is 14.7 Å². The van der Waals surface area contributed by atoms with E-state index in [9.17, 15) is 0 Å². The van der Waals surface area contributed by atoms with E-state index in [0.29, 0.717) is 0 Å². The van der Waals surface area contributed by atoms with E-state index in [2.05, 4.69) is 297 Å². The first-order chi connectivity index (χ1) is 37.9. The maximum absolute atomic E-state index is 2.75. The molecular formula is C77H88BN3. The van der Waals surface area contributed by atoms with Gasteiger partial charge >= 0.3 is 0 Å². The molecule has 81 heavy (non-hydrogen) atoms. The third-order valence-corrected chi connectivity index (χ3v) is 19.8. The predicted molar refractivity (Wildman–Crippen MR) is 352 cm³/mol. The Labute approximate surface area is 487 Å². The summed E-state index contributed by atoms with van der Waals surface area (Å²) >= 11 is 0. The van der Waals surface area contributed by atoms with Gasteiger partial charge in [-0.15, -0.1) is 0 Å². The number of hydrogen-bond acceptors (Lipinski definition) is 3. The summed E-state index contributed by atoms with van der Waals surface area (Å²) in [4.78, 5) is 7.93. The second-order valence-corrected chi connectivity index (χ2v) is 30.5. The molecular weight excluding hydrogens is 978 g/mol. The third kappa shape index (κ3) is 9.17. The Morgan fingerprint density at radius 3 is 1.36 bits per heavy atom. The number of benzene rings is 8. The highest BCUT2D eigenvalue weighted by Gasteiger charge is 2.48. The van der Waals surface area contributed by atoms with Crippen LogP contribution in [0, 0.1) is 6.92 Å². The number of para-hydroxylation sites is 2. The van der Waals surface area contributed by atoms with Gasteiger partial charge in [-0.2, -0.15) is 0 Å². The van der Waals surface area contributed by atoms with Gasteiger partial charge in [0, 0.05) is 45.4 Å². The Morgan fingerprint density at radius 2 is 0.815 bits per heavy atom. The van der Waals surface area contributed by atoms with Gasteiger partial charge in [0.05, 0.1) is 11.4 Å². The van der Waals surface area contributed by atoms with E-state index in [1.807, 2.05) is 0 Å². The summed E-state index contributed by atoms with van der Waals surface area (Å²) in [5, 5.41) is 0. The molecule has 8 aromatic carbocycles. The summed E-state index contributed by atoms with van der Waals surface area (Å²) < 4.78 is 0. The van der Waals surface area contributed by atoms with E-state index in [1.165, 1.54) is 113 Å². The fraction of sp³-hybridized carbons (Fsp3) is 0.377. The van der Waals surface area contributed by atoms with Crippen molar-refractivity contribution in [2.24, 2.45) is 0 Å². The lowest BCUT2D eigenvalue weighted by molar-refractivity contribution is 0.332. The SMILES string of the molecule is Cc1ccc(C(C)(C)C)cc1N1c2cc(C(C)(C)C)ccc2B2c3cc4c(cc3N(c3ccc(C(C)(C)C)cc3-c3ccc5c(c3)C(C)(C)CCC5(C)C)c3cc(N(c5ccccc5)c5ccccc5)cc1c32)C(C)(C)CCC4(C)C. The fourth-order valence-electron chi connectivity index (χ4n) is 14.3. The van der Waals surface area contributed by atoms with Crippen molar-refractivity contribution in [2.75, 3.05) is 14.7 Å². The molecule has 0 N–H and O–H groups in total. The minimum Gasteiger partial charge on any atom is -0.311 e. The molecule has 2 heterocycles. The molecule has 0 bridgehead atoms. The third-order valence-electron chi connectivity index (χ3n) is 19.8. The zero-order chi connectivity index (χ0) is 57.7. The van der Waals surface area contributed by atoms with Crippen LogP contribution in [0.4, 0.5) is 51.2 Å². The van der Waals surface area contributed by atoms with Gasteiger partial charge in [-0.25, -0.2) is 0 Å². The number of fused-ring (bicyclic) bond motifs is 6. The van der Waals surface area contributed by atoms with E-state index in [1.54, 1.807) is 0 Å². The number of aryl methyl sites for hydroxylation is 1. The van der Waals surface area contributed by atoms with Crippen molar-refractivity contribution >= 4 is 74.3 Å². The summed E-state index contributed by atoms with van der Waals surface area (Å²) in [6, 6.07) is 62.4. The van der Waals surface area contributed by atoms with E-state index < -0.39 is 0 Å². The van der Waals surface area contributed by atoms with Crippen molar-refractivity contribution in [1.29, 1.82) is 0 Å². The summed E-state index contributed by atoms with van der Waals surface area (Å²) in [7, 11) is 0. The highest BCUT2D eigenvalue weighted by Crippen LogP contribution is 2.55. The number of anilines is 9. The van der Waals surface area contributed by atoms with Crippen LogP contribution < -0.4 is 31.1 Å². The van der Waals surface area contributed by atoms with E-state index in [4.69, 9.17) is 0 Å². The largest absolute Gasteiger partial charge is 0.311 e. The molecule has 0 amide bonds. The summed E-state index contributed by atoms with van der Waals surface area (Å²) in [5.74, 6) is 0. The molecule has 0 saturated carbocycles. The van der Waals surface area contributed by atoms with E-state index in [0.717, 1.165) is 36.3 Å². The molecule has 0 saturated heterocycles. The van der Waals surface area contributed by atoms with Crippen LogP contribution >= 0.6 is 0 Å². The molecule has 414 valence electrons. The first-order valence-electron chi connectivity index (χ1n) is 30.4. The number of nitrogens with zero attached hydrogens (tertiary/aromatic N) is 3. The average Bonchev–Trinajstić information content (AvgIpc) is 3.07. The van der Waals surface area contributed by atoms with Gasteiger partial charge in [-0.05, 0) is 204 Å². The average molecular weight is 1070 g/mol. The van der Waals surface area contributed by atoms with Crippen molar-refractivity contribution in [1.82, 2.24) is 0 Å². The molecule has 0 unspecified atom stereocenters. The van der Waals surface area contributed by atoms with Crippen LogP contribution in [0.2, 0.25) is 0 Å². The van der Waals surface area contributed by atoms with Crippen LogP contribution in [-0.4, -0.2) is 6.71 Å². The molecule has 0 aromatic heterocycles. The van der Waals surface area contributed by atoms with E-state index >= 15 is 0 Å². The lowest BCUT2D eigenvalue weighted by Gasteiger charge is -2.48. The van der Waals surface area contributed by atoms with Crippen LogP contribution in [-0.2, 0) is 37.9 Å². The summed E-state index contributed by atoms with van der Waals surface area (Å²) in [6.45, 7) is 43.4. The second-order valence-electron chi connectivity index (χ2n) is 30.5. The molecule has 3 nitrogen and oxygen atoms in total. The van der Waals surface area contributed by atoms with Crippen LogP contribution in [0.5, 0.6) is 0 Å². The topological polar surface area (TPSA) is 9.72 Å². The standard InChI is InChI=1S/C77H88BN3/c1-49-29-31-52(72(5,6)7)43-65(49)81-66-44-53(73(8,9)10)32-35-62(66)78-63-47-60-61(77(17,18)40-39-76(60,15)16)48-67(63)80(68-45-56(46-69(81)70(68)78)79(54-25-21-19-22-26-54)55-27-23-20-24-28-55)64-36-33-51(71(2,3)4)42-57(64)50-30-34-58-59(41-50)75(13,14)38-37-74(58,11)12/h19-36,41-48H,37-40H2,1-18H3. The highest BCUT2D eigenvalue weighted by molar-refractivity contribution is 7.00. The minimum atomic E-state index is -0.0824. The van der Waals surface area contributed by atoms with Gasteiger partial charge in [0.1, 0.15) is 0 Å². The van der Waals surface area contributed by atoms with E-state index in [-0.39, 0.29) is 44.6 Å². The Balaban J connectivity index is 1.28. The lowest BCUT2D eigenvalue weighted by Crippen LogP contribution is -2.62. The predicted octanol–water partition coefficient (Wildman–Crippen LogP) is 19.8. The van der Waals surface area contributed by atoms with Gasteiger partial charge in [-0.3, -0.25) is 0 Å². The highest BCUT2D eigenvalue weighted by atomic mass is 15.2. The monoisotopic (exact) mass is 1070 g/mol. The Kier molecular flexibility index (Phi) is 12.6. The number of hydrogen-bond donors (Lipinski definition) is 0. The Bertz CT molecular complexity index is 3760. The zero-order valence-electron chi connectivity index (χ0n) is 52.3. The molecule has 0 atom stereocenters. The van der Waals surface area contributed by atoms with Gasteiger partial charge in [0.15, 0.2) is 0 Å². The first kappa shape index (κ1) is 54.8. The Hall–Kier alpha value is -6.78. The second kappa shape index (κ2) is 18.6. The molecule has 0 radical (unpaired) electrons. The zero-order valence-corrected chi connectivity index (χ0v) is 52.3. The van der Waals surface area contributed by atoms with Crippen molar-refractivity contribution in [3.05, 3.63) is 202 Å². The van der Waals surface area contributed by atoms with Crippen LogP contribution in [0.15, 0.2) is 158 Å². The molecule has 2 aliphatic carbocycles. The molecule has 4 heteroatoms. The van der Waals surface area contributed by atoms with Gasteiger partial charge in [-0.1, -0.05) is 209 Å².